The summed E-state index contributed by atoms with van der Waals surface area (Å²) in [5, 5.41) is 18.9. The number of H-pyrrole nitrogens is 1. The Hall–Kier alpha value is -1.48. The van der Waals surface area contributed by atoms with Crippen molar-refractivity contribution in [3.63, 3.8) is 0 Å². The fraction of sp³-hybridized carbons (Fsp3) is 0.600. The number of nitrogens with one attached hydrogen (secondary N) is 1. The molecule has 3 unspecified atom stereocenters. The van der Waals surface area contributed by atoms with E-state index in [-0.39, 0.29) is 0 Å². The smallest absolute Gasteiger partial charge is 0.330 e. The molecule has 8 nitrogen and oxygen atoms in total. The summed E-state index contributed by atoms with van der Waals surface area (Å²) in [6.07, 6.45) is -2.33. The normalized spacial score (nSPS) is 31.7. The van der Waals surface area contributed by atoms with E-state index in [1.54, 1.807) is 0 Å². The molecule has 8 heteroatoms. The zero-order chi connectivity index (χ0) is 13.3. The summed E-state index contributed by atoms with van der Waals surface area (Å²) in [6, 6.07) is 1.16. The van der Waals surface area contributed by atoms with Gasteiger partial charge in [-0.15, -0.1) is 0 Å². The number of aliphatic hydroxyl groups excluding tert-OH is 2. The number of aliphatic hydroxyl groups is 2. The van der Waals surface area contributed by atoms with E-state index in [1.165, 1.54) is 13.3 Å². The van der Waals surface area contributed by atoms with Crippen molar-refractivity contribution in [2.75, 3.05) is 13.7 Å². The molecule has 1 aromatic heterocycles. The van der Waals surface area contributed by atoms with Gasteiger partial charge in [0.05, 0.1) is 6.61 Å². The molecule has 4 atom stereocenters. The van der Waals surface area contributed by atoms with Crippen molar-refractivity contribution in [1.82, 2.24) is 9.55 Å². The third-order valence-corrected chi connectivity index (χ3v) is 2.89. The molecule has 0 aliphatic carbocycles. The zero-order valence-electron chi connectivity index (χ0n) is 9.65. The van der Waals surface area contributed by atoms with Gasteiger partial charge in [0.1, 0.15) is 18.3 Å². The number of methoxy groups -OCH3 is 1. The van der Waals surface area contributed by atoms with E-state index in [4.69, 9.17) is 14.6 Å². The number of hydrogen-bond donors (Lipinski definition) is 3. The Labute approximate surface area is 101 Å². The van der Waals surface area contributed by atoms with Gasteiger partial charge >= 0.3 is 5.69 Å². The number of rotatable bonds is 3. The van der Waals surface area contributed by atoms with Gasteiger partial charge in [0.25, 0.3) is 5.56 Å². The summed E-state index contributed by atoms with van der Waals surface area (Å²) >= 11 is 0. The molecule has 18 heavy (non-hydrogen) atoms. The first kappa shape index (κ1) is 13.0. The van der Waals surface area contributed by atoms with Gasteiger partial charge in [-0.25, -0.2) is 4.79 Å². The van der Waals surface area contributed by atoms with Crippen LogP contribution in [0.2, 0.25) is 0 Å². The lowest BCUT2D eigenvalue weighted by molar-refractivity contribution is -0.0625. The highest BCUT2D eigenvalue weighted by atomic mass is 16.6. The summed E-state index contributed by atoms with van der Waals surface area (Å²) in [7, 11) is 1.36. The molecule has 0 amide bonds. The van der Waals surface area contributed by atoms with Crippen LogP contribution >= 0.6 is 0 Å². The van der Waals surface area contributed by atoms with Crippen molar-refractivity contribution in [2.24, 2.45) is 0 Å². The molecular weight excluding hydrogens is 244 g/mol. The predicted octanol–water partition coefficient (Wildman–Crippen LogP) is -2.20. The monoisotopic (exact) mass is 258 g/mol. The van der Waals surface area contributed by atoms with Gasteiger partial charge in [0, 0.05) is 19.4 Å². The van der Waals surface area contributed by atoms with Crippen molar-refractivity contribution < 1.29 is 19.7 Å². The fourth-order valence-electron chi connectivity index (χ4n) is 1.98. The number of nitrogens with zero attached hydrogens (tertiary/aromatic N) is 1. The molecule has 1 fully saturated rings. The second kappa shape index (κ2) is 5.02. The van der Waals surface area contributed by atoms with E-state index in [1.807, 2.05) is 0 Å². The van der Waals surface area contributed by atoms with Crippen molar-refractivity contribution >= 4 is 0 Å². The highest BCUT2D eigenvalue weighted by Gasteiger charge is 2.45. The minimum absolute atomic E-state index is 0.393. The first-order valence-corrected chi connectivity index (χ1v) is 5.37. The number of aromatic nitrogens is 2. The lowest BCUT2D eigenvalue weighted by Gasteiger charge is -2.19. The maximum Gasteiger partial charge on any atom is 0.330 e. The highest BCUT2D eigenvalue weighted by Crippen LogP contribution is 2.29. The average molecular weight is 258 g/mol. The van der Waals surface area contributed by atoms with Crippen LogP contribution in [-0.2, 0) is 9.47 Å². The third-order valence-electron chi connectivity index (χ3n) is 2.89. The van der Waals surface area contributed by atoms with E-state index >= 15 is 0 Å². The van der Waals surface area contributed by atoms with E-state index in [9.17, 15) is 14.7 Å². The summed E-state index contributed by atoms with van der Waals surface area (Å²) in [4.78, 5) is 24.7. The average Bonchev–Trinajstić information content (AvgIpc) is 2.65. The SMILES string of the molecule is COC1C(O)[C@@H](CO)OC1n1ccc(=O)[nH]c1=O. The molecule has 2 heterocycles. The Morgan fingerprint density at radius 1 is 1.56 bits per heavy atom. The highest BCUT2D eigenvalue weighted by molar-refractivity contribution is 4.93. The van der Waals surface area contributed by atoms with E-state index in [2.05, 4.69) is 4.98 Å². The maximum absolute atomic E-state index is 11.6. The molecule has 1 saturated heterocycles. The molecule has 1 aliphatic heterocycles. The topological polar surface area (TPSA) is 114 Å². The van der Waals surface area contributed by atoms with Crippen LogP contribution in [0.4, 0.5) is 0 Å². The molecule has 0 aromatic carbocycles. The minimum atomic E-state index is -1.05. The van der Waals surface area contributed by atoms with Crippen LogP contribution in [0.15, 0.2) is 21.9 Å². The Morgan fingerprint density at radius 3 is 2.83 bits per heavy atom. The van der Waals surface area contributed by atoms with E-state index in [0.717, 1.165) is 10.6 Å². The maximum atomic E-state index is 11.6. The molecule has 1 aliphatic rings. The summed E-state index contributed by atoms with van der Waals surface area (Å²) in [5.41, 5.74) is -1.19. The molecule has 0 radical (unpaired) electrons. The lowest BCUT2D eigenvalue weighted by Crippen LogP contribution is -2.38. The molecule has 100 valence electrons. The van der Waals surface area contributed by atoms with Crippen LogP contribution in [0.3, 0.4) is 0 Å². The van der Waals surface area contributed by atoms with E-state index < -0.39 is 42.4 Å². The van der Waals surface area contributed by atoms with Crippen LogP contribution in [0, 0.1) is 0 Å². The molecule has 2 rings (SSSR count). The molecular formula is C10H14N2O6. The van der Waals surface area contributed by atoms with Gasteiger partial charge in [-0.2, -0.15) is 0 Å². The standard InChI is InChI=1S/C10H14N2O6/c1-17-8-7(15)5(4-13)18-9(8)12-3-2-6(14)11-10(12)16/h2-3,5,7-9,13,15H,4H2,1H3,(H,11,14,16)/t5-,7?,8?,9?/m1/s1. The minimum Gasteiger partial charge on any atom is -0.394 e. The summed E-state index contributed by atoms with van der Waals surface area (Å²) in [5.74, 6) is 0. The van der Waals surface area contributed by atoms with Gasteiger partial charge in [-0.05, 0) is 0 Å². The van der Waals surface area contributed by atoms with Crippen molar-refractivity contribution in [3.05, 3.63) is 33.1 Å². The van der Waals surface area contributed by atoms with Crippen LogP contribution in [-0.4, -0.2) is 51.8 Å². The largest absolute Gasteiger partial charge is 0.394 e. The third kappa shape index (κ3) is 2.10. The Balaban J connectivity index is 2.38. The number of aromatic amines is 1. The Bertz CT molecular complexity index is 524. The van der Waals surface area contributed by atoms with Gasteiger partial charge in [0.2, 0.25) is 0 Å². The first-order chi connectivity index (χ1) is 8.58. The van der Waals surface area contributed by atoms with E-state index in [0.29, 0.717) is 0 Å². The van der Waals surface area contributed by atoms with Gasteiger partial charge < -0.3 is 19.7 Å². The molecule has 0 bridgehead atoms. The molecule has 0 spiro atoms. The molecule has 3 N–H and O–H groups in total. The van der Waals surface area contributed by atoms with Crippen LogP contribution in [0.1, 0.15) is 6.23 Å². The first-order valence-electron chi connectivity index (χ1n) is 5.37. The predicted molar refractivity (Wildman–Crippen MR) is 59.1 cm³/mol. The number of ether oxygens (including phenoxy) is 2. The van der Waals surface area contributed by atoms with Crippen LogP contribution < -0.4 is 11.2 Å². The van der Waals surface area contributed by atoms with Crippen LogP contribution in [0.25, 0.3) is 0 Å². The fourth-order valence-corrected chi connectivity index (χ4v) is 1.98. The van der Waals surface area contributed by atoms with Gasteiger partial charge in [-0.3, -0.25) is 14.3 Å². The van der Waals surface area contributed by atoms with Crippen molar-refractivity contribution in [3.8, 4) is 0 Å². The van der Waals surface area contributed by atoms with Gasteiger partial charge in [-0.1, -0.05) is 0 Å². The second-order valence-electron chi connectivity index (χ2n) is 3.96. The second-order valence-corrected chi connectivity index (χ2v) is 3.96. The van der Waals surface area contributed by atoms with Crippen LogP contribution in [0.5, 0.6) is 0 Å². The van der Waals surface area contributed by atoms with Gasteiger partial charge in [0.15, 0.2) is 6.23 Å². The van der Waals surface area contributed by atoms with Crippen molar-refractivity contribution in [2.45, 2.75) is 24.5 Å². The lowest BCUT2D eigenvalue weighted by atomic mass is 10.1. The quantitative estimate of drug-likeness (QED) is 0.567. The summed E-state index contributed by atoms with van der Waals surface area (Å²) < 4.78 is 11.5. The zero-order valence-corrected chi connectivity index (χ0v) is 9.65. The summed E-state index contributed by atoms with van der Waals surface area (Å²) in [6.45, 7) is -0.393. The number of hydrogen-bond acceptors (Lipinski definition) is 6. The van der Waals surface area contributed by atoms with Crippen molar-refractivity contribution in [1.29, 1.82) is 0 Å². The Kier molecular flexibility index (Phi) is 3.62. The molecule has 1 aromatic rings. The molecule has 0 saturated carbocycles. The Morgan fingerprint density at radius 2 is 2.28 bits per heavy atom.